The van der Waals surface area contributed by atoms with Crippen LogP contribution in [0.5, 0.6) is 0 Å². The van der Waals surface area contributed by atoms with Crippen LogP contribution in [-0.2, 0) is 9.84 Å². The zero-order valence-corrected chi connectivity index (χ0v) is 11.9. The third-order valence-electron chi connectivity index (χ3n) is 4.04. The molecule has 5 heteroatoms. The SMILES string of the molecule is CS(=O)(=O)c1ccc(C2CC3CCC2N3)cc1.Cl. The van der Waals surface area contributed by atoms with Gasteiger partial charge in [-0.25, -0.2) is 8.42 Å². The molecule has 3 rings (SSSR count). The quantitative estimate of drug-likeness (QED) is 0.906. The minimum atomic E-state index is -3.07. The third-order valence-corrected chi connectivity index (χ3v) is 5.16. The van der Waals surface area contributed by atoms with E-state index < -0.39 is 9.84 Å². The molecule has 2 saturated heterocycles. The Labute approximate surface area is 114 Å². The molecule has 3 unspecified atom stereocenters. The van der Waals surface area contributed by atoms with Crippen LogP contribution in [0.15, 0.2) is 29.2 Å². The molecule has 18 heavy (non-hydrogen) atoms. The van der Waals surface area contributed by atoms with Crippen LogP contribution in [0.2, 0.25) is 0 Å². The van der Waals surface area contributed by atoms with Gasteiger partial charge in [0.2, 0.25) is 0 Å². The molecule has 3 atom stereocenters. The summed E-state index contributed by atoms with van der Waals surface area (Å²) in [5.74, 6) is 0.572. The van der Waals surface area contributed by atoms with E-state index in [1.54, 1.807) is 12.1 Å². The second-order valence-electron chi connectivity index (χ2n) is 5.23. The highest BCUT2D eigenvalue weighted by Crippen LogP contribution is 2.39. The number of hydrogen-bond donors (Lipinski definition) is 1. The molecule has 2 fully saturated rings. The standard InChI is InChI=1S/C13H17NO2S.ClH/c1-17(15,16)11-5-2-9(3-6-11)12-8-10-4-7-13(12)14-10;/h2-3,5-6,10,12-14H,4,7-8H2,1H3;1H. The van der Waals surface area contributed by atoms with Gasteiger partial charge in [0.05, 0.1) is 4.90 Å². The Bertz CT molecular complexity index is 526. The summed E-state index contributed by atoms with van der Waals surface area (Å²) >= 11 is 0. The fraction of sp³-hybridized carbons (Fsp3) is 0.538. The van der Waals surface area contributed by atoms with E-state index in [4.69, 9.17) is 0 Å². The van der Waals surface area contributed by atoms with E-state index >= 15 is 0 Å². The Hall–Kier alpha value is -0.580. The summed E-state index contributed by atoms with van der Waals surface area (Å²) in [5, 5.41) is 3.60. The number of fused-ring (bicyclic) bond motifs is 2. The van der Waals surface area contributed by atoms with E-state index in [-0.39, 0.29) is 12.4 Å². The summed E-state index contributed by atoms with van der Waals surface area (Å²) in [4.78, 5) is 0.414. The second kappa shape index (κ2) is 4.83. The number of halogens is 1. The van der Waals surface area contributed by atoms with Gasteiger partial charge >= 0.3 is 0 Å². The van der Waals surface area contributed by atoms with Crippen LogP contribution < -0.4 is 5.32 Å². The molecule has 100 valence electrons. The summed E-state index contributed by atoms with van der Waals surface area (Å²) in [6.07, 6.45) is 5.00. The summed E-state index contributed by atoms with van der Waals surface area (Å²) in [5.41, 5.74) is 1.28. The van der Waals surface area contributed by atoms with Crippen LogP contribution in [0, 0.1) is 0 Å². The van der Waals surface area contributed by atoms with Crippen LogP contribution in [-0.4, -0.2) is 26.8 Å². The molecule has 1 aromatic carbocycles. The lowest BCUT2D eigenvalue weighted by Gasteiger charge is -2.20. The topological polar surface area (TPSA) is 46.2 Å². The molecular formula is C13H18ClNO2S. The van der Waals surface area contributed by atoms with Crippen molar-refractivity contribution in [3.8, 4) is 0 Å². The van der Waals surface area contributed by atoms with E-state index in [2.05, 4.69) is 5.32 Å². The molecule has 3 nitrogen and oxygen atoms in total. The Morgan fingerprint density at radius 3 is 2.28 bits per heavy atom. The average molecular weight is 288 g/mol. The van der Waals surface area contributed by atoms with Gasteiger partial charge in [-0.05, 0) is 37.0 Å². The first-order valence-electron chi connectivity index (χ1n) is 6.10. The van der Waals surface area contributed by atoms with Gasteiger partial charge in [-0.15, -0.1) is 12.4 Å². The number of sulfone groups is 1. The van der Waals surface area contributed by atoms with Gasteiger partial charge < -0.3 is 5.32 Å². The fourth-order valence-corrected chi connectivity index (χ4v) is 3.79. The molecule has 0 saturated carbocycles. The first-order chi connectivity index (χ1) is 8.04. The highest BCUT2D eigenvalue weighted by molar-refractivity contribution is 7.90. The molecule has 0 aliphatic carbocycles. The van der Waals surface area contributed by atoms with Crippen LogP contribution in [0.25, 0.3) is 0 Å². The maximum absolute atomic E-state index is 11.4. The Morgan fingerprint density at radius 2 is 1.83 bits per heavy atom. The third kappa shape index (κ3) is 2.42. The van der Waals surface area contributed by atoms with E-state index in [0.29, 0.717) is 22.9 Å². The lowest BCUT2D eigenvalue weighted by molar-refractivity contribution is 0.506. The van der Waals surface area contributed by atoms with Crippen molar-refractivity contribution in [1.29, 1.82) is 0 Å². The summed E-state index contributed by atoms with van der Waals surface area (Å²) in [7, 11) is -3.07. The van der Waals surface area contributed by atoms with Gasteiger partial charge in [-0.3, -0.25) is 0 Å². The maximum Gasteiger partial charge on any atom is 0.175 e. The van der Waals surface area contributed by atoms with E-state index in [0.717, 1.165) is 0 Å². The zero-order chi connectivity index (χ0) is 12.0. The first-order valence-corrected chi connectivity index (χ1v) is 7.99. The normalized spacial score (nSPS) is 30.2. The molecule has 1 N–H and O–H groups in total. The lowest BCUT2D eigenvalue weighted by atomic mass is 9.84. The molecule has 2 heterocycles. The molecule has 0 aromatic heterocycles. The predicted molar refractivity (Wildman–Crippen MR) is 74.1 cm³/mol. The molecular weight excluding hydrogens is 270 g/mol. The van der Waals surface area contributed by atoms with E-state index in [9.17, 15) is 8.42 Å². The molecule has 0 radical (unpaired) electrons. The first kappa shape index (κ1) is 13.8. The Morgan fingerprint density at radius 1 is 1.17 bits per heavy atom. The van der Waals surface area contributed by atoms with Crippen molar-refractivity contribution in [2.45, 2.75) is 42.2 Å². The molecule has 2 aliphatic rings. The van der Waals surface area contributed by atoms with Crippen molar-refractivity contribution in [3.05, 3.63) is 29.8 Å². The smallest absolute Gasteiger partial charge is 0.175 e. The minimum Gasteiger partial charge on any atom is -0.311 e. The minimum absolute atomic E-state index is 0. The van der Waals surface area contributed by atoms with Crippen molar-refractivity contribution in [2.75, 3.05) is 6.26 Å². The van der Waals surface area contributed by atoms with E-state index in [1.165, 1.54) is 31.1 Å². The van der Waals surface area contributed by atoms with Gasteiger partial charge in [0.1, 0.15) is 0 Å². The van der Waals surface area contributed by atoms with Crippen molar-refractivity contribution in [1.82, 2.24) is 5.32 Å². The molecule has 1 aromatic rings. The lowest BCUT2D eigenvalue weighted by Crippen LogP contribution is -2.21. The van der Waals surface area contributed by atoms with E-state index in [1.807, 2.05) is 12.1 Å². The number of benzene rings is 1. The summed E-state index contributed by atoms with van der Waals surface area (Å²) in [6.45, 7) is 0. The Kier molecular flexibility index (Phi) is 3.72. The molecule has 0 spiro atoms. The van der Waals surface area contributed by atoms with Gasteiger partial charge in [-0.2, -0.15) is 0 Å². The van der Waals surface area contributed by atoms with Gasteiger partial charge in [0.25, 0.3) is 0 Å². The second-order valence-corrected chi connectivity index (χ2v) is 7.25. The number of rotatable bonds is 2. The van der Waals surface area contributed by atoms with Crippen LogP contribution in [0.3, 0.4) is 0 Å². The monoisotopic (exact) mass is 287 g/mol. The summed E-state index contributed by atoms with van der Waals surface area (Å²) < 4.78 is 22.8. The van der Waals surface area contributed by atoms with Crippen molar-refractivity contribution in [2.24, 2.45) is 0 Å². The average Bonchev–Trinajstić information content (AvgIpc) is 2.89. The van der Waals surface area contributed by atoms with Crippen LogP contribution in [0.4, 0.5) is 0 Å². The van der Waals surface area contributed by atoms with Crippen LogP contribution in [0.1, 0.15) is 30.7 Å². The maximum atomic E-state index is 11.4. The van der Waals surface area contributed by atoms with Gasteiger partial charge in [-0.1, -0.05) is 12.1 Å². The largest absolute Gasteiger partial charge is 0.311 e. The Balaban J connectivity index is 0.00000120. The summed E-state index contributed by atoms with van der Waals surface area (Å²) in [6, 6.07) is 8.70. The van der Waals surface area contributed by atoms with Crippen molar-refractivity contribution < 1.29 is 8.42 Å². The van der Waals surface area contributed by atoms with Gasteiger partial charge in [0.15, 0.2) is 9.84 Å². The molecule has 2 aliphatic heterocycles. The fourth-order valence-electron chi connectivity index (χ4n) is 3.15. The molecule has 0 amide bonds. The predicted octanol–water partition coefficient (Wildman–Crippen LogP) is 2.12. The number of hydrogen-bond acceptors (Lipinski definition) is 3. The molecule has 2 bridgehead atoms. The highest BCUT2D eigenvalue weighted by atomic mass is 35.5. The number of nitrogens with one attached hydrogen (secondary N) is 1. The van der Waals surface area contributed by atoms with Crippen molar-refractivity contribution >= 4 is 22.2 Å². The zero-order valence-electron chi connectivity index (χ0n) is 10.3. The van der Waals surface area contributed by atoms with Crippen molar-refractivity contribution in [3.63, 3.8) is 0 Å². The highest BCUT2D eigenvalue weighted by Gasteiger charge is 2.39. The van der Waals surface area contributed by atoms with Gasteiger partial charge in [0, 0.05) is 24.3 Å². The van der Waals surface area contributed by atoms with Crippen LogP contribution >= 0.6 is 12.4 Å².